The van der Waals surface area contributed by atoms with Gasteiger partial charge in [-0.1, -0.05) is 0 Å². The third kappa shape index (κ3) is 5.59. The Balaban J connectivity index is 1.96. The Labute approximate surface area is 166 Å². The summed E-state index contributed by atoms with van der Waals surface area (Å²) >= 11 is 0. The number of benzene rings is 2. The molecule has 154 valence electrons. The van der Waals surface area contributed by atoms with E-state index in [1.807, 2.05) is 0 Å². The van der Waals surface area contributed by atoms with Crippen molar-refractivity contribution in [3.63, 3.8) is 0 Å². The molecule has 2 rings (SSSR count). The number of esters is 1. The third-order valence-electron chi connectivity index (χ3n) is 3.91. The number of methoxy groups -OCH3 is 2. The number of carbonyl (C=O) groups is 2. The van der Waals surface area contributed by atoms with E-state index >= 15 is 0 Å². The smallest absolute Gasteiger partial charge is 0.339 e. The predicted octanol–water partition coefficient (Wildman–Crippen LogP) is 1.86. The van der Waals surface area contributed by atoms with E-state index in [9.17, 15) is 14.7 Å². The molecule has 0 spiro atoms. The van der Waals surface area contributed by atoms with Crippen molar-refractivity contribution in [2.24, 2.45) is 0 Å². The SMILES string of the molecule is COc1cc(CC(=O)OCNc2ccc(C(=N)NO)cc2)cc(C(=O)O)c1OC. The lowest BCUT2D eigenvalue weighted by Gasteiger charge is -2.13. The van der Waals surface area contributed by atoms with Gasteiger partial charge in [0.15, 0.2) is 18.2 Å². The number of anilines is 1. The Bertz CT molecular complexity index is 897. The highest BCUT2D eigenvalue weighted by Crippen LogP contribution is 2.32. The summed E-state index contributed by atoms with van der Waals surface area (Å²) in [5.74, 6) is -1.63. The fraction of sp³-hybridized carbons (Fsp3) is 0.211. The van der Waals surface area contributed by atoms with Gasteiger partial charge in [0.2, 0.25) is 0 Å². The number of carboxylic acids is 1. The average molecular weight is 403 g/mol. The molecule has 0 radical (unpaired) electrons. The van der Waals surface area contributed by atoms with Gasteiger partial charge in [-0.15, -0.1) is 0 Å². The number of amidine groups is 1. The fourth-order valence-electron chi connectivity index (χ4n) is 2.52. The van der Waals surface area contributed by atoms with Crippen molar-refractivity contribution in [2.75, 3.05) is 26.3 Å². The van der Waals surface area contributed by atoms with Gasteiger partial charge in [0, 0.05) is 11.3 Å². The molecule has 0 aliphatic rings. The van der Waals surface area contributed by atoms with E-state index in [-0.39, 0.29) is 36.0 Å². The van der Waals surface area contributed by atoms with Crippen molar-refractivity contribution in [1.29, 1.82) is 5.41 Å². The average Bonchev–Trinajstić information content (AvgIpc) is 2.72. The Morgan fingerprint density at radius 1 is 1.10 bits per heavy atom. The van der Waals surface area contributed by atoms with Gasteiger partial charge in [0.05, 0.1) is 20.6 Å². The summed E-state index contributed by atoms with van der Waals surface area (Å²) in [6.07, 6.45) is -0.152. The molecule has 0 aromatic heterocycles. The molecular weight excluding hydrogens is 382 g/mol. The molecule has 0 unspecified atom stereocenters. The minimum absolute atomic E-state index is 0.0757. The molecule has 0 aliphatic carbocycles. The maximum atomic E-state index is 12.1. The van der Waals surface area contributed by atoms with Crippen LogP contribution in [0, 0.1) is 5.41 Å². The van der Waals surface area contributed by atoms with E-state index in [1.54, 1.807) is 29.7 Å². The van der Waals surface area contributed by atoms with Gasteiger partial charge in [-0.3, -0.25) is 20.9 Å². The number of hydroxylamine groups is 1. The van der Waals surface area contributed by atoms with Crippen LogP contribution >= 0.6 is 0 Å². The van der Waals surface area contributed by atoms with Crippen molar-refractivity contribution in [3.8, 4) is 11.5 Å². The molecule has 0 bridgehead atoms. The Kier molecular flexibility index (Phi) is 7.38. The van der Waals surface area contributed by atoms with Crippen molar-refractivity contribution < 1.29 is 34.1 Å². The lowest BCUT2D eigenvalue weighted by molar-refractivity contribution is -0.142. The van der Waals surface area contributed by atoms with Gasteiger partial charge < -0.3 is 24.6 Å². The highest BCUT2D eigenvalue weighted by molar-refractivity contribution is 5.95. The topological polar surface area (TPSA) is 150 Å². The van der Waals surface area contributed by atoms with Crippen molar-refractivity contribution in [1.82, 2.24) is 5.48 Å². The Hall–Kier alpha value is -3.79. The predicted molar refractivity (Wildman–Crippen MR) is 103 cm³/mol. The number of aromatic carboxylic acids is 1. The molecule has 2 aromatic carbocycles. The summed E-state index contributed by atoms with van der Waals surface area (Å²) in [4.78, 5) is 23.5. The number of carboxylic acid groups (broad SMARTS) is 1. The molecule has 10 heteroatoms. The van der Waals surface area contributed by atoms with Gasteiger partial charge in [0.1, 0.15) is 11.4 Å². The number of hydrogen-bond acceptors (Lipinski definition) is 8. The van der Waals surface area contributed by atoms with Gasteiger partial charge in [-0.25, -0.2) is 4.79 Å². The molecule has 0 saturated heterocycles. The summed E-state index contributed by atoms with van der Waals surface area (Å²) in [5.41, 5.74) is 3.17. The van der Waals surface area contributed by atoms with Crippen LogP contribution in [0.3, 0.4) is 0 Å². The first-order valence-corrected chi connectivity index (χ1v) is 8.36. The van der Waals surface area contributed by atoms with Crippen LogP contribution in [0.15, 0.2) is 36.4 Å². The highest BCUT2D eigenvalue weighted by atomic mass is 16.5. The fourth-order valence-corrected chi connectivity index (χ4v) is 2.52. The van der Waals surface area contributed by atoms with Crippen LogP contribution in [0.2, 0.25) is 0 Å². The van der Waals surface area contributed by atoms with Crippen molar-refractivity contribution >= 4 is 23.5 Å². The molecule has 0 atom stereocenters. The molecule has 0 fully saturated rings. The summed E-state index contributed by atoms with van der Waals surface area (Å²) in [6, 6.07) is 9.37. The zero-order chi connectivity index (χ0) is 21.4. The number of rotatable bonds is 9. The molecule has 0 aliphatic heterocycles. The Morgan fingerprint density at radius 2 is 1.79 bits per heavy atom. The van der Waals surface area contributed by atoms with Crippen LogP contribution in [0.1, 0.15) is 21.5 Å². The highest BCUT2D eigenvalue weighted by Gasteiger charge is 2.19. The minimum Gasteiger partial charge on any atom is -0.493 e. The van der Waals surface area contributed by atoms with Crippen LogP contribution in [-0.4, -0.2) is 49.0 Å². The van der Waals surface area contributed by atoms with Gasteiger partial charge in [0.25, 0.3) is 0 Å². The quantitative estimate of drug-likeness (QED) is 0.139. The number of carbonyl (C=O) groups excluding carboxylic acids is 1. The van der Waals surface area contributed by atoms with E-state index in [0.29, 0.717) is 16.8 Å². The maximum Gasteiger partial charge on any atom is 0.339 e. The molecule has 2 aromatic rings. The lowest BCUT2D eigenvalue weighted by Crippen LogP contribution is -2.18. The van der Waals surface area contributed by atoms with Crippen LogP contribution in [-0.2, 0) is 16.0 Å². The maximum absolute atomic E-state index is 12.1. The van der Waals surface area contributed by atoms with Gasteiger partial charge in [-0.05, 0) is 42.0 Å². The first-order chi connectivity index (χ1) is 13.9. The van der Waals surface area contributed by atoms with Crippen molar-refractivity contribution in [2.45, 2.75) is 6.42 Å². The lowest BCUT2D eigenvalue weighted by atomic mass is 10.1. The molecule has 0 heterocycles. The Morgan fingerprint density at radius 3 is 2.34 bits per heavy atom. The largest absolute Gasteiger partial charge is 0.493 e. The molecule has 0 saturated carbocycles. The van der Waals surface area contributed by atoms with E-state index in [0.717, 1.165) is 0 Å². The summed E-state index contributed by atoms with van der Waals surface area (Å²) in [6.45, 7) is -0.104. The molecule has 0 amide bonds. The van der Waals surface area contributed by atoms with Crippen LogP contribution < -0.4 is 20.3 Å². The summed E-state index contributed by atoms with van der Waals surface area (Å²) < 4.78 is 15.3. The molecule has 29 heavy (non-hydrogen) atoms. The third-order valence-corrected chi connectivity index (χ3v) is 3.91. The number of nitrogens with one attached hydrogen (secondary N) is 3. The number of hydrogen-bond donors (Lipinski definition) is 5. The zero-order valence-electron chi connectivity index (χ0n) is 15.8. The minimum atomic E-state index is -1.20. The zero-order valence-corrected chi connectivity index (χ0v) is 15.8. The van der Waals surface area contributed by atoms with E-state index in [1.165, 1.54) is 26.4 Å². The molecular formula is C19H21N3O7. The molecule has 10 nitrogen and oxygen atoms in total. The van der Waals surface area contributed by atoms with Gasteiger partial charge >= 0.3 is 11.9 Å². The second kappa shape index (κ2) is 9.95. The van der Waals surface area contributed by atoms with Crippen molar-refractivity contribution in [3.05, 3.63) is 53.1 Å². The number of ether oxygens (including phenoxy) is 3. The second-order valence-electron chi connectivity index (χ2n) is 5.76. The first kappa shape index (κ1) is 21.5. The van der Waals surface area contributed by atoms with Crippen LogP contribution in [0.5, 0.6) is 11.5 Å². The normalized spacial score (nSPS) is 10.0. The van der Waals surface area contributed by atoms with Crippen LogP contribution in [0.4, 0.5) is 5.69 Å². The van der Waals surface area contributed by atoms with E-state index < -0.39 is 11.9 Å². The first-order valence-electron chi connectivity index (χ1n) is 8.36. The molecule has 5 N–H and O–H groups in total. The van der Waals surface area contributed by atoms with Gasteiger partial charge in [-0.2, -0.15) is 0 Å². The summed E-state index contributed by atoms with van der Waals surface area (Å²) in [7, 11) is 2.71. The van der Waals surface area contributed by atoms with E-state index in [4.69, 9.17) is 24.8 Å². The van der Waals surface area contributed by atoms with Crippen LogP contribution in [0.25, 0.3) is 0 Å². The second-order valence-corrected chi connectivity index (χ2v) is 5.76. The monoisotopic (exact) mass is 403 g/mol. The standard InChI is InChI=1S/C19H21N3O7/c1-27-15-8-11(7-14(19(24)25)17(15)28-2)9-16(23)29-10-21-13-5-3-12(4-6-13)18(20)22-26/h3-8,21,26H,9-10H2,1-2H3,(H2,20,22)(H,24,25). The van der Waals surface area contributed by atoms with E-state index in [2.05, 4.69) is 5.32 Å². The summed E-state index contributed by atoms with van der Waals surface area (Å²) in [5, 5.41) is 28.3.